The fraction of sp³-hybridized carbons (Fsp3) is 0.462. The average Bonchev–Trinajstić information content (AvgIpc) is 2.89. The van der Waals surface area contributed by atoms with E-state index in [4.69, 9.17) is 23.2 Å². The highest BCUT2D eigenvalue weighted by Crippen LogP contribution is 2.44. The predicted octanol–water partition coefficient (Wildman–Crippen LogP) is 3.32. The van der Waals surface area contributed by atoms with Gasteiger partial charge in [-0.15, -0.1) is 0 Å². The molecule has 0 heterocycles. The summed E-state index contributed by atoms with van der Waals surface area (Å²) in [5.41, 5.74) is 0.783. The van der Waals surface area contributed by atoms with Crippen molar-refractivity contribution >= 4 is 34.8 Å². The van der Waals surface area contributed by atoms with Gasteiger partial charge in [0.25, 0.3) is 0 Å². The van der Waals surface area contributed by atoms with Crippen LogP contribution in [0.15, 0.2) is 18.2 Å². The fourth-order valence-electron chi connectivity index (χ4n) is 1.83. The van der Waals surface area contributed by atoms with E-state index in [0.717, 1.165) is 6.42 Å². The van der Waals surface area contributed by atoms with E-state index in [9.17, 15) is 4.79 Å². The van der Waals surface area contributed by atoms with Gasteiger partial charge in [-0.05, 0) is 24.0 Å². The molecule has 1 saturated carbocycles. The van der Waals surface area contributed by atoms with E-state index >= 15 is 0 Å². The van der Waals surface area contributed by atoms with Crippen molar-refractivity contribution < 1.29 is 4.79 Å². The predicted molar refractivity (Wildman–Crippen MR) is 75.3 cm³/mol. The lowest BCUT2D eigenvalue weighted by Crippen LogP contribution is -2.31. The molecule has 3 nitrogen and oxygen atoms in total. The van der Waals surface area contributed by atoms with Crippen molar-refractivity contribution in [1.82, 2.24) is 5.32 Å². The standard InChI is InChI=1S/C13H16Cl2N2O/c1-13(2)6-10(13)16-7-11(18)17-12-8(14)4-3-5-9(12)15/h3-5,10,16H,6-7H2,1-2H3,(H,17,18). The van der Waals surface area contributed by atoms with E-state index < -0.39 is 0 Å². The summed E-state index contributed by atoms with van der Waals surface area (Å²) in [6.07, 6.45) is 1.10. The van der Waals surface area contributed by atoms with Crippen molar-refractivity contribution in [2.75, 3.05) is 11.9 Å². The van der Waals surface area contributed by atoms with Crippen LogP contribution in [0.2, 0.25) is 10.0 Å². The Labute approximate surface area is 117 Å². The molecule has 0 aliphatic heterocycles. The molecule has 1 amide bonds. The maximum atomic E-state index is 11.8. The maximum absolute atomic E-state index is 11.8. The minimum atomic E-state index is -0.132. The van der Waals surface area contributed by atoms with Crippen LogP contribution >= 0.6 is 23.2 Å². The Morgan fingerprint density at radius 3 is 2.44 bits per heavy atom. The highest BCUT2D eigenvalue weighted by molar-refractivity contribution is 6.39. The summed E-state index contributed by atoms with van der Waals surface area (Å²) in [6.45, 7) is 4.62. The fourth-order valence-corrected chi connectivity index (χ4v) is 2.32. The van der Waals surface area contributed by atoms with Gasteiger partial charge in [0.1, 0.15) is 0 Å². The van der Waals surface area contributed by atoms with Crippen LogP contribution in [-0.4, -0.2) is 18.5 Å². The van der Waals surface area contributed by atoms with Crippen molar-refractivity contribution in [3.05, 3.63) is 28.2 Å². The van der Waals surface area contributed by atoms with Crippen LogP contribution in [0.4, 0.5) is 5.69 Å². The number of rotatable bonds is 4. The SMILES string of the molecule is CC1(C)CC1NCC(=O)Nc1c(Cl)cccc1Cl. The van der Waals surface area contributed by atoms with Crippen LogP contribution in [0.3, 0.4) is 0 Å². The molecule has 1 aromatic carbocycles. The molecule has 98 valence electrons. The van der Waals surface area contributed by atoms with Crippen molar-refractivity contribution in [3.63, 3.8) is 0 Å². The first-order valence-corrected chi connectivity index (χ1v) is 6.63. The van der Waals surface area contributed by atoms with Crippen molar-refractivity contribution in [1.29, 1.82) is 0 Å². The van der Waals surface area contributed by atoms with Crippen molar-refractivity contribution in [3.8, 4) is 0 Å². The molecule has 1 aliphatic rings. The third kappa shape index (κ3) is 3.16. The summed E-state index contributed by atoms with van der Waals surface area (Å²) in [7, 11) is 0. The van der Waals surface area contributed by atoms with Gasteiger partial charge < -0.3 is 10.6 Å². The summed E-state index contributed by atoms with van der Waals surface area (Å²) in [4.78, 5) is 11.8. The molecule has 18 heavy (non-hydrogen) atoms. The van der Waals surface area contributed by atoms with Gasteiger partial charge in [0.15, 0.2) is 0 Å². The molecule has 1 fully saturated rings. The van der Waals surface area contributed by atoms with Gasteiger partial charge in [-0.25, -0.2) is 0 Å². The molecular weight excluding hydrogens is 271 g/mol. The molecule has 0 aromatic heterocycles. The van der Waals surface area contributed by atoms with Gasteiger partial charge in [0, 0.05) is 6.04 Å². The minimum absolute atomic E-state index is 0.132. The number of hydrogen-bond donors (Lipinski definition) is 2. The Hall–Kier alpha value is -0.770. The molecule has 0 radical (unpaired) electrons. The first-order valence-electron chi connectivity index (χ1n) is 5.87. The second-order valence-corrected chi connectivity index (χ2v) is 6.09. The van der Waals surface area contributed by atoms with E-state index in [0.29, 0.717) is 27.2 Å². The number of para-hydroxylation sites is 1. The van der Waals surface area contributed by atoms with Crippen LogP contribution < -0.4 is 10.6 Å². The number of hydrogen-bond acceptors (Lipinski definition) is 2. The number of carbonyl (C=O) groups is 1. The maximum Gasteiger partial charge on any atom is 0.238 e. The van der Waals surface area contributed by atoms with E-state index in [1.165, 1.54) is 0 Å². The van der Waals surface area contributed by atoms with Gasteiger partial charge in [-0.2, -0.15) is 0 Å². The smallest absolute Gasteiger partial charge is 0.238 e. The normalized spacial score (nSPS) is 20.6. The molecule has 0 saturated heterocycles. The monoisotopic (exact) mass is 286 g/mol. The van der Waals surface area contributed by atoms with Gasteiger partial charge >= 0.3 is 0 Å². The number of carbonyl (C=O) groups excluding carboxylic acids is 1. The number of anilines is 1. The third-order valence-electron chi connectivity index (χ3n) is 3.25. The summed E-state index contributed by atoms with van der Waals surface area (Å²) in [5.74, 6) is -0.132. The zero-order valence-corrected chi connectivity index (χ0v) is 11.9. The van der Waals surface area contributed by atoms with E-state index in [2.05, 4.69) is 24.5 Å². The zero-order chi connectivity index (χ0) is 13.3. The summed E-state index contributed by atoms with van der Waals surface area (Å²) >= 11 is 11.9. The molecule has 1 aromatic rings. The van der Waals surface area contributed by atoms with Crippen molar-refractivity contribution in [2.45, 2.75) is 26.3 Å². The third-order valence-corrected chi connectivity index (χ3v) is 3.88. The van der Waals surface area contributed by atoms with Gasteiger partial charge in [0.05, 0.1) is 22.3 Å². The van der Waals surface area contributed by atoms with Gasteiger partial charge in [-0.1, -0.05) is 43.1 Å². The summed E-state index contributed by atoms with van der Waals surface area (Å²) in [5, 5.41) is 6.82. The van der Waals surface area contributed by atoms with Gasteiger partial charge in [-0.3, -0.25) is 4.79 Å². The van der Waals surface area contributed by atoms with E-state index in [-0.39, 0.29) is 12.5 Å². The Morgan fingerprint density at radius 1 is 1.39 bits per heavy atom. The number of amides is 1. The Bertz CT molecular complexity index is 454. The molecule has 1 aliphatic carbocycles. The summed E-state index contributed by atoms with van der Waals surface area (Å²) in [6, 6.07) is 5.55. The van der Waals surface area contributed by atoms with Gasteiger partial charge in [0.2, 0.25) is 5.91 Å². The quantitative estimate of drug-likeness (QED) is 0.892. The first kappa shape index (κ1) is 13.7. The number of benzene rings is 1. The molecule has 2 rings (SSSR count). The lowest BCUT2D eigenvalue weighted by molar-refractivity contribution is -0.115. The highest BCUT2D eigenvalue weighted by Gasteiger charge is 2.45. The molecule has 1 atom stereocenters. The highest BCUT2D eigenvalue weighted by atomic mass is 35.5. The molecule has 0 bridgehead atoms. The molecule has 0 spiro atoms. The van der Waals surface area contributed by atoms with Crippen LogP contribution in [0.5, 0.6) is 0 Å². The molecule has 2 N–H and O–H groups in total. The Kier molecular flexibility index (Phi) is 3.85. The van der Waals surface area contributed by atoms with E-state index in [1.54, 1.807) is 18.2 Å². The Morgan fingerprint density at radius 2 is 1.94 bits per heavy atom. The second kappa shape index (κ2) is 5.08. The molecule has 1 unspecified atom stereocenters. The largest absolute Gasteiger partial charge is 0.322 e. The lowest BCUT2D eigenvalue weighted by Gasteiger charge is -2.10. The number of halogens is 2. The summed E-state index contributed by atoms with van der Waals surface area (Å²) < 4.78 is 0. The number of nitrogens with one attached hydrogen (secondary N) is 2. The lowest BCUT2D eigenvalue weighted by atomic mass is 10.2. The van der Waals surface area contributed by atoms with E-state index in [1.807, 2.05) is 0 Å². The van der Waals surface area contributed by atoms with Crippen molar-refractivity contribution in [2.24, 2.45) is 5.41 Å². The molecule has 5 heteroatoms. The Balaban J connectivity index is 1.88. The van der Waals surface area contributed by atoms with Crippen LogP contribution in [0, 0.1) is 5.41 Å². The average molecular weight is 287 g/mol. The van der Waals surface area contributed by atoms with Crippen LogP contribution in [-0.2, 0) is 4.79 Å². The topological polar surface area (TPSA) is 41.1 Å². The minimum Gasteiger partial charge on any atom is -0.322 e. The molecular formula is C13H16Cl2N2O. The van der Waals surface area contributed by atoms with Crippen LogP contribution in [0.25, 0.3) is 0 Å². The zero-order valence-electron chi connectivity index (χ0n) is 10.4. The second-order valence-electron chi connectivity index (χ2n) is 5.27. The van der Waals surface area contributed by atoms with Crippen LogP contribution in [0.1, 0.15) is 20.3 Å². The first-order chi connectivity index (χ1) is 8.40.